The van der Waals surface area contributed by atoms with Gasteiger partial charge in [0.15, 0.2) is 6.61 Å². The third-order valence-electron chi connectivity index (χ3n) is 3.06. The van der Waals surface area contributed by atoms with Crippen LogP contribution in [0.1, 0.15) is 20.8 Å². The highest BCUT2D eigenvalue weighted by molar-refractivity contribution is 9.11. The highest BCUT2D eigenvalue weighted by Crippen LogP contribution is 2.41. The second-order valence-corrected chi connectivity index (χ2v) is 7.88. The lowest BCUT2D eigenvalue weighted by Gasteiger charge is -2.19. The Kier molecular flexibility index (Phi) is 3.88. The molecule has 0 spiro atoms. The predicted molar refractivity (Wildman–Crippen MR) is 88.1 cm³/mol. The number of fused-ring (bicyclic) bond motifs is 1. The fourth-order valence-electron chi connectivity index (χ4n) is 2.03. The van der Waals surface area contributed by atoms with Gasteiger partial charge in [0.1, 0.15) is 5.75 Å². The van der Waals surface area contributed by atoms with Crippen molar-refractivity contribution >= 4 is 54.8 Å². The largest absolute Gasteiger partial charge is 0.482 e. The van der Waals surface area contributed by atoms with Crippen molar-refractivity contribution in [2.75, 3.05) is 11.9 Å². The summed E-state index contributed by atoms with van der Waals surface area (Å²) in [6.07, 6.45) is 0. The summed E-state index contributed by atoms with van der Waals surface area (Å²) >= 11 is 8.97. The molecule has 0 radical (unpaired) electrons. The number of amides is 1. The van der Waals surface area contributed by atoms with Gasteiger partial charge in [-0.2, -0.15) is 0 Å². The molecule has 0 fully saturated rings. The zero-order valence-corrected chi connectivity index (χ0v) is 14.6. The minimum Gasteiger partial charge on any atom is -0.482 e. The van der Waals surface area contributed by atoms with Crippen LogP contribution in [-0.2, 0) is 4.79 Å². The minimum absolute atomic E-state index is 0.0845. The highest BCUT2D eigenvalue weighted by atomic mass is 79.9. The molecule has 1 aromatic carbocycles. The van der Waals surface area contributed by atoms with Crippen LogP contribution >= 0.6 is 43.2 Å². The normalized spacial score (nSPS) is 15.2. The van der Waals surface area contributed by atoms with Crippen molar-refractivity contribution in [2.24, 2.45) is 0 Å². The number of halogens is 2. The maximum Gasteiger partial charge on any atom is 0.262 e. The van der Waals surface area contributed by atoms with Gasteiger partial charge in [-0.05, 0) is 52.2 Å². The third-order valence-corrected chi connectivity index (χ3v) is 6.58. The number of hydrogen-bond donors (Lipinski definition) is 1. The molecule has 0 saturated carbocycles. The van der Waals surface area contributed by atoms with Crippen LogP contribution in [0.4, 0.5) is 5.69 Å². The molecule has 0 aliphatic carbocycles. The van der Waals surface area contributed by atoms with E-state index in [-0.39, 0.29) is 17.3 Å². The fourth-order valence-corrected chi connectivity index (χ4v) is 4.31. The van der Waals surface area contributed by atoms with Gasteiger partial charge >= 0.3 is 0 Å². The molecule has 3 nitrogen and oxygen atoms in total. The van der Waals surface area contributed by atoms with E-state index in [4.69, 9.17) is 4.74 Å². The van der Waals surface area contributed by atoms with E-state index in [2.05, 4.69) is 50.2 Å². The fraction of sp³-hybridized carbons (Fsp3) is 0.214. The number of carbonyl (C=O) groups excluding carboxylic acids is 1. The van der Waals surface area contributed by atoms with Gasteiger partial charge in [-0.25, -0.2) is 0 Å². The van der Waals surface area contributed by atoms with E-state index in [9.17, 15) is 4.79 Å². The first-order chi connectivity index (χ1) is 9.54. The second kappa shape index (κ2) is 5.50. The summed E-state index contributed by atoms with van der Waals surface area (Å²) in [6, 6.07) is 8.02. The average molecular weight is 417 g/mol. The lowest BCUT2D eigenvalue weighted by Crippen LogP contribution is -2.25. The number of aryl methyl sites for hydroxylation is 1. The van der Waals surface area contributed by atoms with Gasteiger partial charge in [-0.15, -0.1) is 11.3 Å². The number of carbonyl (C=O) groups is 1. The first kappa shape index (κ1) is 14.1. The van der Waals surface area contributed by atoms with E-state index in [1.54, 1.807) is 11.3 Å². The van der Waals surface area contributed by atoms with Gasteiger partial charge in [-0.3, -0.25) is 4.79 Å². The van der Waals surface area contributed by atoms with E-state index in [1.165, 1.54) is 10.4 Å². The monoisotopic (exact) mass is 415 g/mol. The number of alkyl halides is 1. The van der Waals surface area contributed by atoms with E-state index in [0.717, 1.165) is 20.8 Å². The molecule has 1 unspecified atom stereocenters. The Morgan fingerprint density at radius 2 is 2.20 bits per heavy atom. The lowest BCUT2D eigenvalue weighted by atomic mass is 10.1. The Morgan fingerprint density at radius 3 is 2.90 bits per heavy atom. The van der Waals surface area contributed by atoms with Gasteiger partial charge in [0.2, 0.25) is 0 Å². The smallest absolute Gasteiger partial charge is 0.262 e. The first-order valence-corrected chi connectivity index (χ1v) is 8.53. The summed E-state index contributed by atoms with van der Waals surface area (Å²) < 4.78 is 6.51. The number of hydrogen-bond acceptors (Lipinski definition) is 3. The molecule has 0 saturated heterocycles. The van der Waals surface area contributed by atoms with Crippen molar-refractivity contribution in [1.29, 1.82) is 0 Å². The Morgan fingerprint density at radius 1 is 1.40 bits per heavy atom. The van der Waals surface area contributed by atoms with Crippen LogP contribution in [0.15, 0.2) is 28.1 Å². The first-order valence-electron chi connectivity index (χ1n) is 6.01. The molecule has 0 bridgehead atoms. The third kappa shape index (κ3) is 2.64. The van der Waals surface area contributed by atoms with Crippen LogP contribution in [0, 0.1) is 6.92 Å². The molecule has 3 rings (SSSR count). The number of nitrogens with one attached hydrogen (secondary N) is 1. The van der Waals surface area contributed by atoms with Crippen LogP contribution in [0.3, 0.4) is 0 Å². The van der Waals surface area contributed by atoms with Crippen LogP contribution in [0.5, 0.6) is 5.75 Å². The highest BCUT2D eigenvalue weighted by Gasteiger charge is 2.20. The Balaban J connectivity index is 1.94. The number of ether oxygens (including phenoxy) is 1. The molecule has 104 valence electrons. The Hall–Kier alpha value is -0.850. The quantitative estimate of drug-likeness (QED) is 0.724. The van der Waals surface area contributed by atoms with Crippen molar-refractivity contribution < 1.29 is 9.53 Å². The summed E-state index contributed by atoms with van der Waals surface area (Å²) in [4.78, 5) is 12.7. The standard InChI is InChI=1S/C14H11Br2NO2S/c1-7-4-11(20-14(7)16)13(15)8-2-3-10-9(5-8)17-12(18)6-19-10/h2-5,13H,6H2,1H3,(H,17,18). The minimum atomic E-state index is -0.115. The van der Waals surface area contributed by atoms with Crippen LogP contribution in [-0.4, -0.2) is 12.5 Å². The zero-order valence-electron chi connectivity index (χ0n) is 10.6. The van der Waals surface area contributed by atoms with E-state index in [0.29, 0.717) is 0 Å². The predicted octanol–water partition coefficient (Wildman–Crippen LogP) is 4.63. The lowest BCUT2D eigenvalue weighted by molar-refractivity contribution is -0.118. The van der Waals surface area contributed by atoms with Crippen molar-refractivity contribution in [3.05, 3.63) is 44.1 Å². The van der Waals surface area contributed by atoms with Crippen LogP contribution in [0.25, 0.3) is 0 Å². The Labute approximate surface area is 137 Å². The molecule has 2 heterocycles. The summed E-state index contributed by atoms with van der Waals surface area (Å²) in [5, 5.41) is 2.83. The molecule has 2 aromatic rings. The Bertz CT molecular complexity index is 664. The van der Waals surface area contributed by atoms with Gasteiger partial charge < -0.3 is 10.1 Å². The summed E-state index contributed by atoms with van der Waals surface area (Å²) in [6.45, 7) is 2.16. The van der Waals surface area contributed by atoms with E-state index >= 15 is 0 Å². The summed E-state index contributed by atoms with van der Waals surface area (Å²) in [5.41, 5.74) is 3.04. The number of anilines is 1. The van der Waals surface area contributed by atoms with Crippen molar-refractivity contribution in [3.8, 4) is 5.75 Å². The molecule has 1 atom stereocenters. The maximum atomic E-state index is 11.4. The molecule has 1 N–H and O–H groups in total. The number of thiophene rings is 1. The molecule has 1 aliphatic rings. The molecular formula is C14H11Br2NO2S. The molecule has 20 heavy (non-hydrogen) atoms. The van der Waals surface area contributed by atoms with Gasteiger partial charge in [-0.1, -0.05) is 22.0 Å². The van der Waals surface area contributed by atoms with Crippen LogP contribution < -0.4 is 10.1 Å². The van der Waals surface area contributed by atoms with E-state index < -0.39 is 0 Å². The van der Waals surface area contributed by atoms with Crippen molar-refractivity contribution in [1.82, 2.24) is 0 Å². The van der Waals surface area contributed by atoms with Gasteiger partial charge in [0.25, 0.3) is 5.91 Å². The second-order valence-electron chi connectivity index (χ2n) is 4.56. The zero-order chi connectivity index (χ0) is 14.3. The molecule has 1 aliphatic heterocycles. The van der Waals surface area contributed by atoms with Crippen molar-refractivity contribution in [2.45, 2.75) is 11.8 Å². The molecular weight excluding hydrogens is 406 g/mol. The van der Waals surface area contributed by atoms with Gasteiger partial charge in [0.05, 0.1) is 14.3 Å². The topological polar surface area (TPSA) is 38.3 Å². The SMILES string of the molecule is Cc1cc(C(Br)c2ccc3c(c2)NC(=O)CO3)sc1Br. The van der Waals surface area contributed by atoms with Gasteiger partial charge in [0, 0.05) is 4.88 Å². The molecule has 1 aromatic heterocycles. The average Bonchev–Trinajstić information content (AvgIpc) is 2.77. The van der Waals surface area contributed by atoms with Crippen LogP contribution in [0.2, 0.25) is 0 Å². The maximum absolute atomic E-state index is 11.4. The summed E-state index contributed by atoms with van der Waals surface area (Å²) in [5.74, 6) is 0.604. The molecule has 6 heteroatoms. The number of rotatable bonds is 2. The van der Waals surface area contributed by atoms with E-state index in [1.807, 2.05) is 18.2 Å². The van der Waals surface area contributed by atoms with Crippen molar-refractivity contribution in [3.63, 3.8) is 0 Å². The summed E-state index contributed by atoms with van der Waals surface area (Å²) in [7, 11) is 0. The number of benzene rings is 1. The molecule has 1 amide bonds.